The second-order valence-corrected chi connectivity index (χ2v) is 7.72. The molecule has 1 aromatic heterocycles. The molecule has 0 unspecified atom stereocenters. The second-order valence-electron chi connectivity index (χ2n) is 6.87. The molecule has 0 fully saturated rings. The van der Waals surface area contributed by atoms with Crippen LogP contribution in [0.4, 0.5) is 10.2 Å². The minimum Gasteiger partial charge on any atom is -0.452 e. The smallest absolute Gasteiger partial charge is 0.339 e. The summed E-state index contributed by atoms with van der Waals surface area (Å²) in [6, 6.07) is 15.3. The summed E-state index contributed by atoms with van der Waals surface area (Å²) in [7, 11) is 0. The Hall–Kier alpha value is -3.44. The van der Waals surface area contributed by atoms with Gasteiger partial charge in [-0.25, -0.2) is 9.18 Å². The molecule has 0 aliphatic heterocycles. The highest BCUT2D eigenvalue weighted by Gasteiger charge is 2.21. The van der Waals surface area contributed by atoms with E-state index in [1.54, 1.807) is 0 Å². The molecule has 0 atom stereocenters. The fourth-order valence-corrected chi connectivity index (χ4v) is 3.64. The lowest BCUT2D eigenvalue weighted by Crippen LogP contribution is -2.23. The van der Waals surface area contributed by atoms with Crippen molar-refractivity contribution in [1.82, 2.24) is 4.57 Å². The number of amides is 1. The number of rotatable bonds is 6. The Balaban J connectivity index is 1.76. The van der Waals surface area contributed by atoms with Crippen LogP contribution in [0.15, 0.2) is 53.0 Å². The molecule has 0 saturated carbocycles. The molecule has 6 nitrogen and oxygen atoms in total. The van der Waals surface area contributed by atoms with Gasteiger partial charge in [0.25, 0.3) is 5.91 Å². The molecule has 3 aromatic rings. The van der Waals surface area contributed by atoms with E-state index in [1.165, 1.54) is 6.07 Å². The van der Waals surface area contributed by atoms with Gasteiger partial charge < -0.3 is 14.6 Å². The number of anilines is 1. The molecule has 0 bridgehead atoms. The predicted octanol–water partition coefficient (Wildman–Crippen LogP) is 4.72. The summed E-state index contributed by atoms with van der Waals surface area (Å²) in [6.45, 7) is 3.60. The lowest BCUT2D eigenvalue weighted by atomic mass is 10.2. The van der Waals surface area contributed by atoms with E-state index in [1.807, 2.05) is 48.7 Å². The first kappa shape index (κ1) is 22.2. The van der Waals surface area contributed by atoms with Crippen LogP contribution in [0.3, 0.4) is 0 Å². The lowest BCUT2D eigenvalue weighted by Gasteiger charge is -2.13. The Morgan fingerprint density at radius 1 is 1.19 bits per heavy atom. The van der Waals surface area contributed by atoms with E-state index in [2.05, 4.69) is 27.3 Å². The molecule has 3 rings (SSSR count). The standard InChI is InChI=1S/C23H19BrFN3O3/c1-14-15(2)28(12-16-6-4-3-5-7-16)22(19(14)11-26)27-21(29)13-31-23(30)18-9-8-17(25)10-20(18)24/h3-10H,12-13H2,1-2H3,(H,27,29). The number of esters is 1. The third kappa shape index (κ3) is 5.01. The first-order valence-electron chi connectivity index (χ1n) is 9.37. The summed E-state index contributed by atoms with van der Waals surface area (Å²) < 4.78 is 20.3. The van der Waals surface area contributed by atoms with E-state index in [-0.39, 0.29) is 10.0 Å². The molecule has 0 aliphatic rings. The van der Waals surface area contributed by atoms with Gasteiger partial charge in [0.05, 0.1) is 11.1 Å². The maximum absolute atomic E-state index is 13.2. The molecule has 8 heteroatoms. The number of halogens is 2. The zero-order chi connectivity index (χ0) is 22.5. The number of aromatic nitrogens is 1. The van der Waals surface area contributed by atoms with Crippen LogP contribution in [0.25, 0.3) is 0 Å². The Morgan fingerprint density at radius 3 is 2.55 bits per heavy atom. The third-order valence-corrected chi connectivity index (χ3v) is 5.52. The first-order valence-corrected chi connectivity index (χ1v) is 10.2. The van der Waals surface area contributed by atoms with Gasteiger partial charge in [0.2, 0.25) is 0 Å². The molecule has 1 N–H and O–H groups in total. The number of nitrogens with zero attached hydrogens (tertiary/aromatic N) is 2. The number of hydrogen-bond acceptors (Lipinski definition) is 4. The molecule has 0 aliphatic carbocycles. The molecule has 2 aromatic carbocycles. The number of nitrogens with one attached hydrogen (secondary N) is 1. The molecule has 0 radical (unpaired) electrons. The van der Waals surface area contributed by atoms with Gasteiger partial charge in [-0.2, -0.15) is 5.26 Å². The van der Waals surface area contributed by atoms with Crippen LogP contribution >= 0.6 is 15.9 Å². The van der Waals surface area contributed by atoms with Crippen LogP contribution < -0.4 is 5.32 Å². The summed E-state index contributed by atoms with van der Waals surface area (Å²) in [5.74, 6) is -1.51. The molecule has 1 amide bonds. The second kappa shape index (κ2) is 9.58. The van der Waals surface area contributed by atoms with E-state index in [0.717, 1.165) is 29.0 Å². The highest BCUT2D eigenvalue weighted by Crippen LogP contribution is 2.27. The maximum Gasteiger partial charge on any atom is 0.339 e. The van der Waals surface area contributed by atoms with Crippen molar-refractivity contribution < 1.29 is 18.7 Å². The first-order chi connectivity index (χ1) is 14.8. The van der Waals surface area contributed by atoms with E-state index in [9.17, 15) is 19.2 Å². The number of carbonyl (C=O) groups is 2. The number of carbonyl (C=O) groups excluding carboxylic acids is 2. The SMILES string of the molecule is Cc1c(C#N)c(NC(=O)COC(=O)c2ccc(F)cc2Br)n(Cc2ccccc2)c1C. The Labute approximate surface area is 187 Å². The van der Waals surface area contributed by atoms with Crippen molar-refractivity contribution in [2.24, 2.45) is 0 Å². The number of ether oxygens (including phenoxy) is 1. The fourth-order valence-electron chi connectivity index (χ4n) is 3.13. The minimum absolute atomic E-state index is 0.103. The van der Waals surface area contributed by atoms with E-state index in [0.29, 0.717) is 17.9 Å². The Bertz CT molecular complexity index is 1180. The van der Waals surface area contributed by atoms with Gasteiger partial charge in [0.15, 0.2) is 6.61 Å². The number of benzene rings is 2. The normalized spacial score (nSPS) is 10.4. The van der Waals surface area contributed by atoms with Gasteiger partial charge in [0, 0.05) is 16.7 Å². The molecule has 1 heterocycles. The summed E-state index contributed by atoms with van der Waals surface area (Å²) >= 11 is 3.10. The van der Waals surface area contributed by atoms with E-state index in [4.69, 9.17) is 4.74 Å². The fraction of sp³-hybridized carbons (Fsp3) is 0.174. The molecule has 158 valence electrons. The Kier molecular flexibility index (Phi) is 6.88. The lowest BCUT2D eigenvalue weighted by molar-refractivity contribution is -0.119. The largest absolute Gasteiger partial charge is 0.452 e. The molecule has 0 saturated heterocycles. The summed E-state index contributed by atoms with van der Waals surface area (Å²) in [4.78, 5) is 24.7. The maximum atomic E-state index is 13.2. The van der Waals surface area contributed by atoms with Crippen molar-refractivity contribution in [2.75, 3.05) is 11.9 Å². The zero-order valence-corrected chi connectivity index (χ0v) is 18.5. The van der Waals surface area contributed by atoms with E-state index >= 15 is 0 Å². The Morgan fingerprint density at radius 2 is 1.90 bits per heavy atom. The van der Waals surface area contributed by atoms with E-state index < -0.39 is 24.3 Å². The van der Waals surface area contributed by atoms with Crippen LogP contribution in [0.5, 0.6) is 0 Å². The molecule has 31 heavy (non-hydrogen) atoms. The van der Waals surface area contributed by atoms with Crippen molar-refractivity contribution in [3.05, 3.63) is 86.8 Å². The quantitative estimate of drug-likeness (QED) is 0.514. The van der Waals surface area contributed by atoms with Crippen molar-refractivity contribution in [2.45, 2.75) is 20.4 Å². The minimum atomic E-state index is -0.769. The van der Waals surface area contributed by atoms with Crippen molar-refractivity contribution in [3.8, 4) is 6.07 Å². The monoisotopic (exact) mass is 483 g/mol. The van der Waals surface area contributed by atoms with Crippen LogP contribution in [-0.4, -0.2) is 23.1 Å². The molecule has 0 spiro atoms. The summed E-state index contributed by atoms with van der Waals surface area (Å²) in [6.07, 6.45) is 0. The van der Waals surface area contributed by atoms with Crippen LogP contribution in [0.2, 0.25) is 0 Å². The summed E-state index contributed by atoms with van der Waals surface area (Å²) in [5.41, 5.74) is 3.08. The average molecular weight is 484 g/mol. The van der Waals surface area contributed by atoms with Gasteiger partial charge in [-0.1, -0.05) is 30.3 Å². The average Bonchev–Trinajstić information content (AvgIpc) is 2.96. The van der Waals surface area contributed by atoms with Crippen molar-refractivity contribution in [1.29, 1.82) is 5.26 Å². The van der Waals surface area contributed by atoms with Crippen molar-refractivity contribution in [3.63, 3.8) is 0 Å². The topological polar surface area (TPSA) is 84.1 Å². The van der Waals surface area contributed by atoms with Crippen molar-refractivity contribution >= 4 is 33.6 Å². The van der Waals surface area contributed by atoms with Gasteiger partial charge in [-0.05, 0) is 59.1 Å². The van der Waals surface area contributed by atoms with Crippen LogP contribution in [0.1, 0.15) is 32.7 Å². The predicted molar refractivity (Wildman–Crippen MR) is 117 cm³/mol. The third-order valence-electron chi connectivity index (χ3n) is 4.87. The zero-order valence-electron chi connectivity index (χ0n) is 16.9. The molecular weight excluding hydrogens is 465 g/mol. The highest BCUT2D eigenvalue weighted by atomic mass is 79.9. The van der Waals surface area contributed by atoms with Gasteiger partial charge in [-0.3, -0.25) is 4.79 Å². The van der Waals surface area contributed by atoms with Crippen LogP contribution in [-0.2, 0) is 16.1 Å². The van der Waals surface area contributed by atoms with Gasteiger partial charge in [-0.15, -0.1) is 0 Å². The highest BCUT2D eigenvalue weighted by molar-refractivity contribution is 9.10. The molecular formula is C23H19BrFN3O3. The summed E-state index contributed by atoms with van der Waals surface area (Å²) in [5, 5.41) is 12.3. The number of hydrogen-bond donors (Lipinski definition) is 1. The van der Waals surface area contributed by atoms with Gasteiger partial charge in [0.1, 0.15) is 17.7 Å². The van der Waals surface area contributed by atoms with Crippen LogP contribution in [0, 0.1) is 31.0 Å². The number of nitriles is 1. The van der Waals surface area contributed by atoms with Gasteiger partial charge >= 0.3 is 5.97 Å².